The van der Waals surface area contributed by atoms with Gasteiger partial charge in [-0.1, -0.05) is 7.43 Å². The Balaban J connectivity index is 0.00000225. The molecule has 7 heteroatoms. The summed E-state index contributed by atoms with van der Waals surface area (Å²) in [6, 6.07) is 3.22. The van der Waals surface area contributed by atoms with Crippen LogP contribution in [0.25, 0.3) is 0 Å². The molecule has 0 fully saturated rings. The van der Waals surface area contributed by atoms with Crippen molar-refractivity contribution in [1.82, 2.24) is 10.3 Å². The van der Waals surface area contributed by atoms with Crippen LogP contribution in [0, 0.1) is 10.1 Å². The molecule has 1 N–H and O–H groups in total. The Morgan fingerprint density at radius 1 is 1.62 bits per heavy atom. The van der Waals surface area contributed by atoms with Crippen LogP contribution in [0.4, 0.5) is 0 Å². The fourth-order valence-electron chi connectivity index (χ4n) is 0.884. The largest absolute Gasteiger partial charge is 0.350 e. The molecule has 0 aliphatic carbocycles. The predicted octanol–water partition coefficient (Wildman–Crippen LogP) is 0.656. The van der Waals surface area contributed by atoms with Crippen molar-refractivity contribution in [3.63, 3.8) is 0 Å². The zero-order chi connectivity index (χ0) is 11.1. The first-order valence-corrected chi connectivity index (χ1v) is 4.15. The van der Waals surface area contributed by atoms with E-state index in [1.165, 1.54) is 6.20 Å². The van der Waals surface area contributed by atoms with Gasteiger partial charge in [0.05, 0.1) is 5.56 Å². The van der Waals surface area contributed by atoms with E-state index in [2.05, 4.69) is 15.1 Å². The average Bonchev–Trinajstić information content (AvgIpc) is 2.25. The minimum Gasteiger partial charge on any atom is -0.350 e. The Morgan fingerprint density at radius 3 is 2.94 bits per heavy atom. The number of carbonyl (C=O) groups is 1. The van der Waals surface area contributed by atoms with Gasteiger partial charge in [-0.2, -0.15) is 0 Å². The number of pyridine rings is 1. The highest BCUT2D eigenvalue weighted by Gasteiger charge is 2.03. The Hall–Kier alpha value is -2.18. The second-order valence-electron chi connectivity index (χ2n) is 2.55. The summed E-state index contributed by atoms with van der Waals surface area (Å²) < 4.78 is 0. The van der Waals surface area contributed by atoms with Crippen LogP contribution in [0.5, 0.6) is 0 Å². The molecule has 1 rings (SSSR count). The van der Waals surface area contributed by atoms with Crippen molar-refractivity contribution < 1.29 is 14.7 Å². The molecule has 1 aromatic rings. The van der Waals surface area contributed by atoms with E-state index in [0.717, 1.165) is 0 Å². The van der Waals surface area contributed by atoms with Gasteiger partial charge in [-0.15, -0.1) is 10.1 Å². The summed E-state index contributed by atoms with van der Waals surface area (Å²) in [6.45, 7) is -0.0896. The summed E-state index contributed by atoms with van der Waals surface area (Å²) in [7, 11) is 0. The standard InChI is InChI=1S/C8H9N3O4.CH4/c12-8(7-2-1-3-9-6-7)10-4-5-15-11(13)14;/h1-3,6H,4-5H2,(H,10,12);1H4. The lowest BCUT2D eigenvalue weighted by Gasteiger charge is -2.03. The Morgan fingerprint density at radius 2 is 2.38 bits per heavy atom. The number of nitrogens with one attached hydrogen (secondary N) is 1. The topological polar surface area (TPSA) is 94.4 Å². The van der Waals surface area contributed by atoms with Gasteiger partial charge in [0.15, 0.2) is 0 Å². The molecule has 88 valence electrons. The Labute approximate surface area is 92.5 Å². The molecule has 0 bridgehead atoms. The molecular formula is C9H13N3O4. The molecule has 1 aromatic heterocycles. The molecule has 7 nitrogen and oxygen atoms in total. The van der Waals surface area contributed by atoms with E-state index < -0.39 is 5.09 Å². The summed E-state index contributed by atoms with van der Waals surface area (Å²) in [6.07, 6.45) is 2.95. The van der Waals surface area contributed by atoms with Gasteiger partial charge in [-0.05, 0) is 12.1 Å². The van der Waals surface area contributed by atoms with E-state index in [-0.39, 0.29) is 26.5 Å². The summed E-state index contributed by atoms with van der Waals surface area (Å²) in [5, 5.41) is 11.3. The van der Waals surface area contributed by atoms with Gasteiger partial charge in [0.2, 0.25) is 0 Å². The molecule has 1 amide bonds. The third-order valence-electron chi connectivity index (χ3n) is 1.51. The van der Waals surface area contributed by atoms with Crippen molar-refractivity contribution in [2.75, 3.05) is 13.2 Å². The lowest BCUT2D eigenvalue weighted by molar-refractivity contribution is -0.757. The van der Waals surface area contributed by atoms with Gasteiger partial charge in [0, 0.05) is 18.9 Å². The van der Waals surface area contributed by atoms with Crippen LogP contribution in [0.1, 0.15) is 17.8 Å². The third-order valence-corrected chi connectivity index (χ3v) is 1.51. The smallest absolute Gasteiger partial charge is 0.294 e. The van der Waals surface area contributed by atoms with Gasteiger partial charge < -0.3 is 10.2 Å². The number of hydrogen-bond donors (Lipinski definition) is 1. The monoisotopic (exact) mass is 227 g/mol. The highest BCUT2D eigenvalue weighted by molar-refractivity contribution is 5.93. The number of rotatable bonds is 5. The van der Waals surface area contributed by atoms with Gasteiger partial charge >= 0.3 is 0 Å². The van der Waals surface area contributed by atoms with Crippen LogP contribution in [-0.2, 0) is 4.84 Å². The zero-order valence-corrected chi connectivity index (χ0v) is 7.75. The first-order valence-electron chi connectivity index (χ1n) is 4.15. The molecule has 0 saturated carbocycles. The van der Waals surface area contributed by atoms with E-state index in [9.17, 15) is 14.9 Å². The maximum atomic E-state index is 11.3. The van der Waals surface area contributed by atoms with Crippen LogP contribution in [0.3, 0.4) is 0 Å². The highest BCUT2D eigenvalue weighted by Crippen LogP contribution is 1.94. The van der Waals surface area contributed by atoms with E-state index in [1.54, 1.807) is 18.3 Å². The molecule has 0 unspecified atom stereocenters. The van der Waals surface area contributed by atoms with E-state index in [0.29, 0.717) is 5.56 Å². The van der Waals surface area contributed by atoms with E-state index >= 15 is 0 Å². The normalized spacial score (nSPS) is 8.75. The molecule has 0 aromatic carbocycles. The molecule has 0 aliphatic rings. The number of hydrogen-bond acceptors (Lipinski definition) is 5. The van der Waals surface area contributed by atoms with Gasteiger partial charge in [0.1, 0.15) is 6.61 Å². The summed E-state index contributed by atoms with van der Waals surface area (Å²) in [4.78, 5) is 28.9. The molecule has 16 heavy (non-hydrogen) atoms. The number of nitrogens with zero attached hydrogens (tertiary/aromatic N) is 2. The summed E-state index contributed by atoms with van der Waals surface area (Å²) >= 11 is 0. The highest BCUT2D eigenvalue weighted by atomic mass is 16.9. The molecule has 0 spiro atoms. The van der Waals surface area contributed by atoms with E-state index in [1.807, 2.05) is 0 Å². The fourth-order valence-corrected chi connectivity index (χ4v) is 0.884. The minimum atomic E-state index is -0.907. The molecular weight excluding hydrogens is 214 g/mol. The van der Waals surface area contributed by atoms with Crippen LogP contribution < -0.4 is 5.32 Å². The van der Waals surface area contributed by atoms with Crippen LogP contribution >= 0.6 is 0 Å². The van der Waals surface area contributed by atoms with Crippen LogP contribution in [0.2, 0.25) is 0 Å². The average molecular weight is 227 g/mol. The predicted molar refractivity (Wildman–Crippen MR) is 56.2 cm³/mol. The molecule has 0 atom stereocenters. The summed E-state index contributed by atoms with van der Waals surface area (Å²) in [5.41, 5.74) is 0.401. The Kier molecular flexibility index (Phi) is 6.18. The van der Waals surface area contributed by atoms with Crippen molar-refractivity contribution >= 4 is 5.91 Å². The van der Waals surface area contributed by atoms with Crippen LogP contribution in [-0.4, -0.2) is 29.1 Å². The lowest BCUT2D eigenvalue weighted by atomic mass is 10.3. The van der Waals surface area contributed by atoms with Crippen LogP contribution in [0.15, 0.2) is 24.5 Å². The molecule has 0 saturated heterocycles. The molecule has 1 heterocycles. The van der Waals surface area contributed by atoms with Crippen molar-refractivity contribution in [3.05, 3.63) is 40.2 Å². The Bertz CT molecular complexity index is 342. The van der Waals surface area contributed by atoms with Gasteiger partial charge in [-0.25, -0.2) is 0 Å². The second-order valence-corrected chi connectivity index (χ2v) is 2.55. The first-order chi connectivity index (χ1) is 7.20. The van der Waals surface area contributed by atoms with Crippen molar-refractivity contribution in [1.29, 1.82) is 0 Å². The molecule has 0 aliphatic heterocycles. The van der Waals surface area contributed by atoms with Gasteiger partial charge in [0.25, 0.3) is 11.0 Å². The van der Waals surface area contributed by atoms with Gasteiger partial charge in [-0.3, -0.25) is 9.78 Å². The van der Waals surface area contributed by atoms with E-state index in [4.69, 9.17) is 0 Å². The quantitative estimate of drug-likeness (QED) is 0.453. The fraction of sp³-hybridized carbons (Fsp3) is 0.333. The van der Waals surface area contributed by atoms with Crippen molar-refractivity contribution in [2.24, 2.45) is 0 Å². The molecule has 0 radical (unpaired) electrons. The maximum absolute atomic E-state index is 11.3. The third kappa shape index (κ3) is 4.89. The zero-order valence-electron chi connectivity index (χ0n) is 7.75. The number of carbonyl (C=O) groups excluding carboxylic acids is 1. The number of aromatic nitrogens is 1. The maximum Gasteiger partial charge on any atom is 0.294 e. The lowest BCUT2D eigenvalue weighted by Crippen LogP contribution is -2.27. The number of amides is 1. The summed E-state index contributed by atoms with van der Waals surface area (Å²) in [5.74, 6) is -0.338. The SMILES string of the molecule is C.O=C(NCCO[N+](=O)[O-])c1cccnc1. The first kappa shape index (κ1) is 13.8. The van der Waals surface area contributed by atoms with Crippen molar-refractivity contribution in [3.8, 4) is 0 Å². The van der Waals surface area contributed by atoms with Crippen molar-refractivity contribution in [2.45, 2.75) is 7.43 Å². The second kappa shape index (κ2) is 7.16. The minimum absolute atomic E-state index is 0.